The van der Waals surface area contributed by atoms with Crippen molar-refractivity contribution in [2.24, 2.45) is 23.1 Å². The number of aliphatic carboxylic acids is 1. The maximum Gasteiger partial charge on any atom is 0.326 e. The molecule has 4 unspecified atom stereocenters. The quantitative estimate of drug-likeness (QED) is 0.110. The fourth-order valence-electron chi connectivity index (χ4n) is 3.01. The zero-order chi connectivity index (χ0) is 26.3. The summed E-state index contributed by atoms with van der Waals surface area (Å²) in [5.41, 5.74) is 16.5. The summed E-state index contributed by atoms with van der Waals surface area (Å²) in [6, 6.07) is -4.18. The molecule has 0 saturated carbocycles. The van der Waals surface area contributed by atoms with Crippen LogP contribution in [0.25, 0.3) is 0 Å². The Morgan fingerprint density at radius 1 is 0.882 bits per heavy atom. The molecule has 0 aliphatic heterocycles. The van der Waals surface area contributed by atoms with E-state index in [0.29, 0.717) is 31.6 Å². The summed E-state index contributed by atoms with van der Waals surface area (Å²) in [5.74, 6) is -3.51. The summed E-state index contributed by atoms with van der Waals surface area (Å²) in [7, 11) is 0. The van der Waals surface area contributed by atoms with Gasteiger partial charge in [0.2, 0.25) is 23.6 Å². The third kappa shape index (κ3) is 12.8. The summed E-state index contributed by atoms with van der Waals surface area (Å²) in [6.07, 6.45) is 3.36. The first-order valence-corrected chi connectivity index (χ1v) is 12.7. The lowest BCUT2D eigenvalue weighted by atomic mass is 10.0. The number of unbranched alkanes of at least 4 members (excludes halogenated alkanes) is 1. The number of thioether (sulfide) groups is 1. The van der Waals surface area contributed by atoms with E-state index in [2.05, 4.69) is 16.0 Å². The van der Waals surface area contributed by atoms with E-state index in [-0.39, 0.29) is 19.3 Å². The fraction of sp³-hybridized carbons (Fsp3) is 0.762. The molecule has 0 heterocycles. The Bertz CT molecular complexity index is 693. The zero-order valence-corrected chi connectivity index (χ0v) is 21.0. The molecule has 0 aromatic rings. The van der Waals surface area contributed by atoms with Crippen LogP contribution in [-0.4, -0.2) is 77.4 Å². The SMILES string of the molecule is CSCCC(N)C(=O)NC(CCC(N)=O)C(=O)NC(C(=O)NC(CCCCN)C(=O)O)C(C)C. The van der Waals surface area contributed by atoms with Gasteiger partial charge in [0.25, 0.3) is 0 Å². The van der Waals surface area contributed by atoms with Gasteiger partial charge >= 0.3 is 5.97 Å². The largest absolute Gasteiger partial charge is 0.480 e. The molecule has 0 aliphatic rings. The van der Waals surface area contributed by atoms with Gasteiger partial charge in [0.05, 0.1) is 6.04 Å². The Morgan fingerprint density at radius 3 is 2.00 bits per heavy atom. The number of carbonyl (C=O) groups excluding carboxylic acids is 4. The number of carboxylic acid groups (broad SMARTS) is 1. The highest BCUT2D eigenvalue weighted by molar-refractivity contribution is 7.98. The van der Waals surface area contributed by atoms with Crippen LogP contribution in [0.3, 0.4) is 0 Å². The molecule has 12 nitrogen and oxygen atoms in total. The van der Waals surface area contributed by atoms with Gasteiger partial charge in [0.15, 0.2) is 0 Å². The molecule has 0 spiro atoms. The molecule has 4 atom stereocenters. The monoisotopic (exact) mass is 504 g/mol. The van der Waals surface area contributed by atoms with Crippen LogP contribution in [0, 0.1) is 5.92 Å². The molecule has 196 valence electrons. The third-order valence-corrected chi connectivity index (χ3v) is 5.73. The fourth-order valence-corrected chi connectivity index (χ4v) is 3.50. The van der Waals surface area contributed by atoms with Crippen LogP contribution >= 0.6 is 11.8 Å². The zero-order valence-electron chi connectivity index (χ0n) is 20.2. The van der Waals surface area contributed by atoms with E-state index >= 15 is 0 Å². The van der Waals surface area contributed by atoms with Gasteiger partial charge in [-0.15, -0.1) is 0 Å². The molecule has 13 heteroatoms. The summed E-state index contributed by atoms with van der Waals surface area (Å²) in [4.78, 5) is 60.9. The number of carbonyl (C=O) groups is 5. The predicted molar refractivity (Wildman–Crippen MR) is 131 cm³/mol. The minimum absolute atomic E-state index is 0.0779. The van der Waals surface area contributed by atoms with Gasteiger partial charge in [0, 0.05) is 6.42 Å². The van der Waals surface area contributed by atoms with Crippen molar-refractivity contribution >= 4 is 41.4 Å². The van der Waals surface area contributed by atoms with Gasteiger partial charge in [-0.3, -0.25) is 19.2 Å². The Kier molecular flexibility index (Phi) is 15.9. The number of hydrogen-bond donors (Lipinski definition) is 7. The van der Waals surface area contributed by atoms with Gasteiger partial charge in [-0.2, -0.15) is 11.8 Å². The van der Waals surface area contributed by atoms with Crippen molar-refractivity contribution in [3.63, 3.8) is 0 Å². The van der Waals surface area contributed by atoms with Gasteiger partial charge in [0.1, 0.15) is 18.1 Å². The number of rotatable bonds is 18. The van der Waals surface area contributed by atoms with Crippen molar-refractivity contribution in [3.05, 3.63) is 0 Å². The first-order valence-electron chi connectivity index (χ1n) is 11.3. The lowest BCUT2D eigenvalue weighted by Crippen LogP contribution is -2.58. The first kappa shape index (κ1) is 31.6. The second kappa shape index (κ2) is 17.1. The summed E-state index contributed by atoms with van der Waals surface area (Å²) in [6.45, 7) is 3.78. The van der Waals surface area contributed by atoms with Gasteiger partial charge in [-0.25, -0.2) is 4.79 Å². The molecular weight excluding hydrogens is 464 g/mol. The molecule has 0 rings (SSSR count). The molecular formula is C21H40N6O6S. The highest BCUT2D eigenvalue weighted by atomic mass is 32.2. The lowest BCUT2D eigenvalue weighted by Gasteiger charge is -2.27. The van der Waals surface area contributed by atoms with E-state index < -0.39 is 59.7 Å². The normalized spacial score (nSPS) is 14.5. The van der Waals surface area contributed by atoms with Crippen LogP contribution < -0.4 is 33.2 Å². The van der Waals surface area contributed by atoms with Crippen molar-refractivity contribution < 1.29 is 29.1 Å². The highest BCUT2D eigenvalue weighted by Gasteiger charge is 2.31. The average molecular weight is 505 g/mol. The van der Waals surface area contributed by atoms with Crippen LogP contribution in [0.1, 0.15) is 52.4 Å². The van der Waals surface area contributed by atoms with E-state index in [1.165, 1.54) is 11.8 Å². The molecule has 0 aliphatic carbocycles. The van der Waals surface area contributed by atoms with Crippen molar-refractivity contribution in [3.8, 4) is 0 Å². The second-order valence-corrected chi connectivity index (χ2v) is 9.35. The van der Waals surface area contributed by atoms with E-state index in [0.717, 1.165) is 0 Å². The van der Waals surface area contributed by atoms with Gasteiger partial charge in [-0.1, -0.05) is 13.8 Å². The van der Waals surface area contributed by atoms with E-state index in [9.17, 15) is 29.1 Å². The minimum Gasteiger partial charge on any atom is -0.480 e. The van der Waals surface area contributed by atoms with Crippen LogP contribution in [-0.2, 0) is 24.0 Å². The molecule has 0 aromatic heterocycles. The highest BCUT2D eigenvalue weighted by Crippen LogP contribution is 2.08. The van der Waals surface area contributed by atoms with Crippen molar-refractivity contribution in [2.45, 2.75) is 76.5 Å². The Labute approximate surface area is 204 Å². The lowest BCUT2D eigenvalue weighted by molar-refractivity contribution is -0.142. The number of hydrogen-bond acceptors (Lipinski definition) is 8. The van der Waals surface area contributed by atoms with Crippen LogP contribution in [0.2, 0.25) is 0 Å². The average Bonchev–Trinajstić information content (AvgIpc) is 2.76. The topological polar surface area (TPSA) is 220 Å². The smallest absolute Gasteiger partial charge is 0.326 e. The standard InChI is InChI=1S/C21H40N6O6S/c1-12(2)17(20(31)26-15(21(32)33)6-4-5-10-22)27-19(30)14(7-8-16(24)28)25-18(29)13(23)9-11-34-3/h12-15,17H,4-11,22-23H2,1-3H3,(H2,24,28)(H,25,29)(H,26,31)(H,27,30)(H,32,33). The van der Waals surface area contributed by atoms with E-state index in [4.69, 9.17) is 17.2 Å². The van der Waals surface area contributed by atoms with Crippen molar-refractivity contribution in [1.82, 2.24) is 16.0 Å². The maximum atomic E-state index is 12.9. The van der Waals surface area contributed by atoms with Crippen LogP contribution in [0.5, 0.6) is 0 Å². The number of amides is 4. The molecule has 10 N–H and O–H groups in total. The summed E-state index contributed by atoms with van der Waals surface area (Å²) >= 11 is 1.52. The molecule has 0 fully saturated rings. The van der Waals surface area contributed by atoms with E-state index in [1.54, 1.807) is 13.8 Å². The molecule has 34 heavy (non-hydrogen) atoms. The summed E-state index contributed by atoms with van der Waals surface area (Å²) in [5, 5.41) is 17.0. The predicted octanol–water partition coefficient (Wildman–Crippen LogP) is -1.34. The van der Waals surface area contributed by atoms with Gasteiger partial charge in [-0.05, 0) is 56.6 Å². The number of nitrogens with one attached hydrogen (secondary N) is 3. The first-order chi connectivity index (χ1) is 15.9. The molecule has 4 amide bonds. The number of primary amides is 1. The Morgan fingerprint density at radius 2 is 1.50 bits per heavy atom. The minimum atomic E-state index is -1.19. The third-order valence-electron chi connectivity index (χ3n) is 5.09. The summed E-state index contributed by atoms with van der Waals surface area (Å²) < 4.78 is 0. The van der Waals surface area contributed by atoms with Gasteiger partial charge < -0.3 is 38.3 Å². The maximum absolute atomic E-state index is 12.9. The van der Waals surface area contributed by atoms with Crippen LogP contribution in [0.15, 0.2) is 0 Å². The molecule has 0 saturated heterocycles. The molecule has 0 bridgehead atoms. The number of nitrogens with two attached hydrogens (primary N) is 3. The Balaban J connectivity index is 5.38. The van der Waals surface area contributed by atoms with Crippen molar-refractivity contribution in [1.29, 1.82) is 0 Å². The van der Waals surface area contributed by atoms with Crippen molar-refractivity contribution in [2.75, 3.05) is 18.6 Å². The molecule has 0 aromatic carbocycles. The second-order valence-electron chi connectivity index (χ2n) is 8.37. The molecule has 0 radical (unpaired) electrons. The van der Waals surface area contributed by atoms with E-state index in [1.807, 2.05) is 6.26 Å². The Hall–Kier alpha value is -2.38. The number of carboxylic acids is 1. The van der Waals surface area contributed by atoms with Crippen LogP contribution in [0.4, 0.5) is 0 Å².